The average Bonchev–Trinajstić information content (AvgIpc) is 2.47. The number of benzene rings is 1. The Kier molecular flexibility index (Phi) is 5.45. The second-order valence-corrected chi connectivity index (χ2v) is 5.94. The van der Waals surface area contributed by atoms with E-state index in [-0.39, 0.29) is 12.0 Å². The summed E-state index contributed by atoms with van der Waals surface area (Å²) in [6, 6.07) is 10.1. The number of hydrogen-bond acceptors (Lipinski definition) is 3. The van der Waals surface area contributed by atoms with Crippen LogP contribution in [0.3, 0.4) is 0 Å². The van der Waals surface area contributed by atoms with Crippen molar-refractivity contribution < 1.29 is 4.79 Å². The molecule has 1 aromatic heterocycles. The Hall–Kier alpha value is -1.74. The van der Waals surface area contributed by atoms with E-state index in [0.717, 1.165) is 35.7 Å². The van der Waals surface area contributed by atoms with Crippen LogP contribution in [0.1, 0.15) is 38.7 Å². The topological polar surface area (TPSA) is 56.0 Å². The van der Waals surface area contributed by atoms with Gasteiger partial charge in [-0.25, -0.2) is 0 Å². The first-order chi connectivity index (χ1) is 10.1. The molecule has 0 spiro atoms. The van der Waals surface area contributed by atoms with Gasteiger partial charge in [-0.1, -0.05) is 31.5 Å². The van der Waals surface area contributed by atoms with Crippen molar-refractivity contribution in [3.05, 3.63) is 42.1 Å². The van der Waals surface area contributed by atoms with Crippen molar-refractivity contribution in [2.45, 2.75) is 45.6 Å². The molecule has 2 rings (SSSR count). The van der Waals surface area contributed by atoms with Crippen molar-refractivity contribution >= 4 is 16.7 Å². The first-order valence-electron chi connectivity index (χ1n) is 7.69. The number of aromatic nitrogens is 1. The molecule has 21 heavy (non-hydrogen) atoms. The lowest BCUT2D eigenvalue weighted by molar-refractivity contribution is -0.121. The normalized spacial score (nSPS) is 14.0. The molecule has 0 radical (unpaired) electrons. The van der Waals surface area contributed by atoms with E-state index in [4.69, 9.17) is 5.73 Å². The van der Waals surface area contributed by atoms with Gasteiger partial charge in [-0.3, -0.25) is 9.78 Å². The number of para-hydroxylation sites is 1. The highest BCUT2D eigenvalue weighted by Crippen LogP contribution is 2.19. The van der Waals surface area contributed by atoms with Crippen molar-refractivity contribution in [2.24, 2.45) is 11.7 Å². The third kappa shape index (κ3) is 4.36. The number of Topliss-reactive ketones (excluding diaryl/α,β-unsaturated/α-hetero) is 1. The van der Waals surface area contributed by atoms with Crippen LogP contribution >= 0.6 is 0 Å². The maximum absolute atomic E-state index is 12.4. The fourth-order valence-corrected chi connectivity index (χ4v) is 2.58. The maximum atomic E-state index is 12.4. The summed E-state index contributed by atoms with van der Waals surface area (Å²) >= 11 is 0. The van der Waals surface area contributed by atoms with Crippen molar-refractivity contribution in [1.29, 1.82) is 0 Å². The number of ketones is 1. The minimum atomic E-state index is 0.0932. The van der Waals surface area contributed by atoms with Gasteiger partial charge in [0.25, 0.3) is 0 Å². The van der Waals surface area contributed by atoms with E-state index >= 15 is 0 Å². The monoisotopic (exact) mass is 284 g/mol. The third-order valence-electron chi connectivity index (χ3n) is 3.95. The molecule has 2 N–H and O–H groups in total. The van der Waals surface area contributed by atoms with E-state index in [1.165, 1.54) is 0 Å². The van der Waals surface area contributed by atoms with Crippen LogP contribution in [-0.4, -0.2) is 16.8 Å². The van der Waals surface area contributed by atoms with Crippen LogP contribution < -0.4 is 5.73 Å². The van der Waals surface area contributed by atoms with Crippen LogP contribution in [0.15, 0.2) is 36.5 Å². The van der Waals surface area contributed by atoms with Gasteiger partial charge in [0.15, 0.2) is 0 Å². The van der Waals surface area contributed by atoms with Crippen LogP contribution in [0, 0.1) is 5.92 Å². The maximum Gasteiger partial charge on any atom is 0.140 e. The third-order valence-corrected chi connectivity index (χ3v) is 3.95. The first-order valence-corrected chi connectivity index (χ1v) is 7.69. The molecule has 0 bridgehead atoms. The van der Waals surface area contributed by atoms with E-state index in [1.54, 1.807) is 6.20 Å². The molecule has 3 nitrogen and oxygen atoms in total. The molecule has 0 aliphatic carbocycles. The molecule has 0 aliphatic rings. The number of carbonyl (C=O) groups is 1. The van der Waals surface area contributed by atoms with Crippen molar-refractivity contribution in [3.8, 4) is 0 Å². The summed E-state index contributed by atoms with van der Waals surface area (Å²) in [5.74, 6) is 0.395. The summed E-state index contributed by atoms with van der Waals surface area (Å²) in [6.07, 6.45) is 5.19. The van der Waals surface area contributed by atoms with E-state index in [0.29, 0.717) is 12.2 Å². The second kappa shape index (κ2) is 7.32. The van der Waals surface area contributed by atoms with Gasteiger partial charge >= 0.3 is 0 Å². The molecule has 3 heteroatoms. The molecule has 0 saturated carbocycles. The minimum Gasteiger partial charge on any atom is -0.328 e. The van der Waals surface area contributed by atoms with Gasteiger partial charge in [-0.15, -0.1) is 0 Å². The SMILES string of the molecule is CC(N)CCCC(C)C(=O)Cc1ccnc2ccccc12. The highest BCUT2D eigenvalue weighted by Gasteiger charge is 2.15. The molecule has 0 amide bonds. The van der Waals surface area contributed by atoms with E-state index in [1.807, 2.05) is 44.2 Å². The average molecular weight is 284 g/mol. The van der Waals surface area contributed by atoms with Gasteiger partial charge in [-0.2, -0.15) is 0 Å². The minimum absolute atomic E-state index is 0.0932. The molecule has 0 aliphatic heterocycles. The largest absolute Gasteiger partial charge is 0.328 e. The van der Waals surface area contributed by atoms with Crippen molar-refractivity contribution in [1.82, 2.24) is 4.98 Å². The molecule has 2 aromatic rings. The summed E-state index contributed by atoms with van der Waals surface area (Å²) < 4.78 is 0. The standard InChI is InChI=1S/C18H24N2O/c1-13(6-5-7-14(2)19)18(21)12-15-10-11-20-17-9-4-3-8-16(15)17/h3-4,8-11,13-14H,5-7,12,19H2,1-2H3. The summed E-state index contributed by atoms with van der Waals surface area (Å²) in [7, 11) is 0. The molecule has 1 aromatic carbocycles. The Morgan fingerprint density at radius 3 is 2.71 bits per heavy atom. The molecule has 0 fully saturated rings. The van der Waals surface area contributed by atoms with Gasteiger partial charge < -0.3 is 5.73 Å². The number of nitrogens with two attached hydrogens (primary N) is 1. The molecular formula is C18H24N2O. The van der Waals surface area contributed by atoms with Crippen molar-refractivity contribution in [2.75, 3.05) is 0 Å². The van der Waals surface area contributed by atoms with Crippen LogP contribution in [-0.2, 0) is 11.2 Å². The highest BCUT2D eigenvalue weighted by molar-refractivity contribution is 5.89. The van der Waals surface area contributed by atoms with E-state index in [9.17, 15) is 4.79 Å². The molecular weight excluding hydrogens is 260 g/mol. The molecule has 0 saturated heterocycles. The van der Waals surface area contributed by atoms with Crippen molar-refractivity contribution in [3.63, 3.8) is 0 Å². The Balaban J connectivity index is 2.01. The Labute approximate surface area is 126 Å². The Bertz CT molecular complexity index is 602. The number of carbonyl (C=O) groups excluding carboxylic acids is 1. The predicted molar refractivity (Wildman–Crippen MR) is 87.1 cm³/mol. The fourth-order valence-electron chi connectivity index (χ4n) is 2.58. The zero-order chi connectivity index (χ0) is 15.2. The smallest absolute Gasteiger partial charge is 0.140 e. The molecule has 2 unspecified atom stereocenters. The van der Waals surface area contributed by atoms with Gasteiger partial charge in [0.2, 0.25) is 0 Å². The number of fused-ring (bicyclic) bond motifs is 1. The summed E-state index contributed by atoms with van der Waals surface area (Å²) in [5, 5.41) is 1.08. The van der Waals surface area contributed by atoms with E-state index in [2.05, 4.69) is 4.98 Å². The fraction of sp³-hybridized carbons (Fsp3) is 0.444. The molecule has 112 valence electrons. The number of rotatable bonds is 7. The Morgan fingerprint density at radius 2 is 1.95 bits per heavy atom. The van der Waals surface area contributed by atoms with Crippen LogP contribution in [0.2, 0.25) is 0 Å². The van der Waals surface area contributed by atoms with Gasteiger partial charge in [-0.05, 0) is 37.5 Å². The first kappa shape index (κ1) is 15.6. The van der Waals surface area contributed by atoms with Gasteiger partial charge in [0.1, 0.15) is 5.78 Å². The summed E-state index contributed by atoms with van der Waals surface area (Å²) in [4.78, 5) is 16.7. The lowest BCUT2D eigenvalue weighted by Crippen LogP contribution is -2.17. The second-order valence-electron chi connectivity index (χ2n) is 5.94. The van der Waals surface area contributed by atoms with Gasteiger partial charge in [0.05, 0.1) is 5.52 Å². The summed E-state index contributed by atoms with van der Waals surface area (Å²) in [5.41, 5.74) is 7.77. The molecule has 1 heterocycles. The lowest BCUT2D eigenvalue weighted by atomic mass is 9.93. The highest BCUT2D eigenvalue weighted by atomic mass is 16.1. The number of pyridine rings is 1. The quantitative estimate of drug-likeness (QED) is 0.846. The molecule has 2 atom stereocenters. The van der Waals surface area contributed by atoms with Crippen LogP contribution in [0.4, 0.5) is 0 Å². The van der Waals surface area contributed by atoms with Crippen LogP contribution in [0.5, 0.6) is 0 Å². The lowest BCUT2D eigenvalue weighted by Gasteiger charge is -2.12. The summed E-state index contributed by atoms with van der Waals surface area (Å²) in [6.45, 7) is 4.03. The van der Waals surface area contributed by atoms with Crippen LogP contribution in [0.25, 0.3) is 10.9 Å². The van der Waals surface area contributed by atoms with E-state index < -0.39 is 0 Å². The Morgan fingerprint density at radius 1 is 1.19 bits per heavy atom. The van der Waals surface area contributed by atoms with Gasteiger partial charge in [0, 0.05) is 30.0 Å². The zero-order valence-corrected chi connectivity index (χ0v) is 12.9. The zero-order valence-electron chi connectivity index (χ0n) is 12.9. The number of nitrogens with zero attached hydrogens (tertiary/aromatic N) is 1. The predicted octanol–water partition coefficient (Wildman–Crippen LogP) is 3.50. The number of hydrogen-bond donors (Lipinski definition) is 1.